The average molecular weight is 199 g/mol. The molecule has 0 aliphatic heterocycles. The molecule has 2 aromatic rings. The normalized spacial score (nSPS) is 9.87. The van der Waals surface area contributed by atoms with Crippen LogP contribution in [0.25, 0.3) is 11.3 Å². The summed E-state index contributed by atoms with van der Waals surface area (Å²) in [6.45, 7) is -0.0923. The molecular formula is C11H9N3O. The lowest BCUT2D eigenvalue weighted by Gasteiger charge is -1.96. The number of hydrogen-bond acceptors (Lipinski definition) is 3. The first-order chi connectivity index (χ1) is 7.33. The van der Waals surface area contributed by atoms with E-state index < -0.39 is 0 Å². The predicted molar refractivity (Wildman–Crippen MR) is 54.6 cm³/mol. The summed E-state index contributed by atoms with van der Waals surface area (Å²) >= 11 is 0. The summed E-state index contributed by atoms with van der Waals surface area (Å²) in [5, 5.41) is 17.6. The van der Waals surface area contributed by atoms with E-state index >= 15 is 0 Å². The van der Waals surface area contributed by atoms with Crippen molar-refractivity contribution >= 4 is 0 Å². The van der Waals surface area contributed by atoms with Gasteiger partial charge in [-0.2, -0.15) is 5.26 Å². The fourth-order valence-electron chi connectivity index (χ4n) is 1.33. The molecule has 0 saturated heterocycles. The number of aliphatic hydroxyl groups excluding tert-OH is 1. The summed E-state index contributed by atoms with van der Waals surface area (Å²) in [5.74, 6) is 0. The smallest absolute Gasteiger partial charge is 0.120 e. The molecule has 1 N–H and O–H groups in total. The Morgan fingerprint density at radius 3 is 3.00 bits per heavy atom. The molecule has 0 radical (unpaired) electrons. The van der Waals surface area contributed by atoms with Crippen molar-refractivity contribution in [2.45, 2.75) is 6.73 Å². The van der Waals surface area contributed by atoms with Gasteiger partial charge in [-0.3, -0.25) is 0 Å². The number of benzene rings is 1. The van der Waals surface area contributed by atoms with Gasteiger partial charge in [0.05, 0.1) is 23.7 Å². The summed E-state index contributed by atoms with van der Waals surface area (Å²) < 4.78 is 1.56. The Kier molecular flexibility index (Phi) is 2.48. The first-order valence-electron chi connectivity index (χ1n) is 4.46. The maximum Gasteiger partial charge on any atom is 0.120 e. The third kappa shape index (κ3) is 1.87. The summed E-state index contributed by atoms with van der Waals surface area (Å²) in [5.41, 5.74) is 2.23. The van der Waals surface area contributed by atoms with Crippen LogP contribution in [-0.4, -0.2) is 14.7 Å². The van der Waals surface area contributed by atoms with Crippen molar-refractivity contribution in [1.29, 1.82) is 5.26 Å². The molecule has 0 bridgehead atoms. The molecule has 0 saturated carbocycles. The molecule has 4 nitrogen and oxygen atoms in total. The zero-order chi connectivity index (χ0) is 10.7. The minimum Gasteiger partial charge on any atom is -0.376 e. The Labute approximate surface area is 87.0 Å². The first kappa shape index (κ1) is 9.44. The van der Waals surface area contributed by atoms with Gasteiger partial charge in [0, 0.05) is 11.8 Å². The van der Waals surface area contributed by atoms with Crippen LogP contribution < -0.4 is 0 Å². The second kappa shape index (κ2) is 3.95. The van der Waals surface area contributed by atoms with E-state index in [2.05, 4.69) is 11.1 Å². The Morgan fingerprint density at radius 2 is 2.33 bits per heavy atom. The van der Waals surface area contributed by atoms with Crippen LogP contribution in [0.5, 0.6) is 0 Å². The molecule has 1 aromatic carbocycles. The lowest BCUT2D eigenvalue weighted by atomic mass is 10.1. The SMILES string of the molecule is N#Cc1cccc(-c2cn(CO)cn2)c1. The second-order valence-electron chi connectivity index (χ2n) is 3.11. The molecule has 0 aliphatic rings. The van der Waals surface area contributed by atoms with Crippen LogP contribution in [-0.2, 0) is 6.73 Å². The number of aromatic nitrogens is 2. The molecule has 1 aromatic heterocycles. The van der Waals surface area contributed by atoms with Crippen LogP contribution >= 0.6 is 0 Å². The number of rotatable bonds is 2. The van der Waals surface area contributed by atoms with Crippen molar-refractivity contribution in [1.82, 2.24) is 9.55 Å². The van der Waals surface area contributed by atoms with Crippen molar-refractivity contribution in [3.05, 3.63) is 42.4 Å². The molecule has 0 atom stereocenters. The molecule has 15 heavy (non-hydrogen) atoms. The fourth-order valence-corrected chi connectivity index (χ4v) is 1.33. The molecule has 0 unspecified atom stereocenters. The van der Waals surface area contributed by atoms with Gasteiger partial charge in [-0.1, -0.05) is 12.1 Å². The minimum atomic E-state index is -0.0923. The predicted octanol–water partition coefficient (Wildman–Crippen LogP) is 1.37. The zero-order valence-electron chi connectivity index (χ0n) is 7.96. The molecular weight excluding hydrogens is 190 g/mol. The highest BCUT2D eigenvalue weighted by Gasteiger charge is 2.02. The molecule has 0 fully saturated rings. The number of nitrogens with zero attached hydrogens (tertiary/aromatic N) is 3. The fraction of sp³-hybridized carbons (Fsp3) is 0.0909. The van der Waals surface area contributed by atoms with Crippen molar-refractivity contribution in [3.8, 4) is 17.3 Å². The van der Waals surface area contributed by atoms with Crippen LogP contribution in [0.3, 0.4) is 0 Å². The van der Waals surface area contributed by atoms with Crippen LogP contribution in [0.1, 0.15) is 5.56 Å². The van der Waals surface area contributed by atoms with Crippen molar-refractivity contribution in [2.24, 2.45) is 0 Å². The molecule has 0 aliphatic carbocycles. The molecule has 74 valence electrons. The third-order valence-corrected chi connectivity index (χ3v) is 2.08. The van der Waals surface area contributed by atoms with Crippen LogP contribution in [0.2, 0.25) is 0 Å². The average Bonchev–Trinajstić information content (AvgIpc) is 2.78. The van der Waals surface area contributed by atoms with Crippen molar-refractivity contribution in [3.63, 3.8) is 0 Å². The quantitative estimate of drug-likeness (QED) is 0.794. The monoisotopic (exact) mass is 199 g/mol. The van der Waals surface area contributed by atoms with Gasteiger partial charge in [0.25, 0.3) is 0 Å². The van der Waals surface area contributed by atoms with E-state index in [1.165, 1.54) is 0 Å². The van der Waals surface area contributed by atoms with Crippen LogP contribution in [0.15, 0.2) is 36.8 Å². The topological polar surface area (TPSA) is 61.8 Å². The maximum absolute atomic E-state index is 8.87. The van der Waals surface area contributed by atoms with E-state index in [9.17, 15) is 0 Å². The third-order valence-electron chi connectivity index (χ3n) is 2.08. The highest BCUT2D eigenvalue weighted by molar-refractivity contribution is 5.60. The van der Waals surface area contributed by atoms with E-state index in [1.807, 2.05) is 12.1 Å². The molecule has 1 heterocycles. The highest BCUT2D eigenvalue weighted by Crippen LogP contribution is 2.17. The Bertz CT molecular complexity index is 511. The lowest BCUT2D eigenvalue weighted by Crippen LogP contribution is -1.90. The number of imidazole rings is 1. The molecule has 0 spiro atoms. The molecule has 4 heteroatoms. The minimum absolute atomic E-state index is 0.0923. The van der Waals surface area contributed by atoms with Gasteiger partial charge < -0.3 is 9.67 Å². The summed E-state index contributed by atoms with van der Waals surface area (Å²) in [7, 11) is 0. The Morgan fingerprint density at radius 1 is 1.47 bits per heavy atom. The molecule has 2 rings (SSSR count). The zero-order valence-corrected chi connectivity index (χ0v) is 7.96. The van der Waals surface area contributed by atoms with Gasteiger partial charge in [0.2, 0.25) is 0 Å². The van der Waals surface area contributed by atoms with E-state index in [-0.39, 0.29) is 6.73 Å². The van der Waals surface area contributed by atoms with Gasteiger partial charge >= 0.3 is 0 Å². The van der Waals surface area contributed by atoms with Gasteiger partial charge in [-0.05, 0) is 12.1 Å². The maximum atomic E-state index is 8.87. The Hall–Kier alpha value is -2.12. The van der Waals surface area contributed by atoms with Crippen molar-refractivity contribution in [2.75, 3.05) is 0 Å². The lowest BCUT2D eigenvalue weighted by molar-refractivity contribution is 0.210. The van der Waals surface area contributed by atoms with E-state index in [0.29, 0.717) is 5.56 Å². The summed E-state index contributed by atoms with van der Waals surface area (Å²) in [4.78, 5) is 4.13. The standard InChI is InChI=1S/C11H9N3O/c12-5-9-2-1-3-10(4-9)11-6-14(8-15)7-13-11/h1-4,6-7,15H,8H2. The molecule has 0 amide bonds. The van der Waals surface area contributed by atoms with Gasteiger partial charge in [-0.15, -0.1) is 0 Å². The summed E-state index contributed by atoms with van der Waals surface area (Å²) in [6, 6.07) is 9.28. The van der Waals surface area contributed by atoms with Crippen molar-refractivity contribution < 1.29 is 5.11 Å². The van der Waals surface area contributed by atoms with E-state index in [0.717, 1.165) is 11.3 Å². The number of hydrogen-bond donors (Lipinski definition) is 1. The summed E-state index contributed by atoms with van der Waals surface area (Å²) in [6.07, 6.45) is 3.28. The van der Waals surface area contributed by atoms with E-state index in [1.54, 1.807) is 29.2 Å². The van der Waals surface area contributed by atoms with Crippen LogP contribution in [0.4, 0.5) is 0 Å². The van der Waals surface area contributed by atoms with Gasteiger partial charge in [0.1, 0.15) is 6.73 Å². The van der Waals surface area contributed by atoms with Gasteiger partial charge in [0.15, 0.2) is 0 Å². The van der Waals surface area contributed by atoms with E-state index in [4.69, 9.17) is 10.4 Å². The Balaban J connectivity index is 2.41. The second-order valence-corrected chi connectivity index (χ2v) is 3.11. The number of nitriles is 1. The van der Waals surface area contributed by atoms with Crippen LogP contribution in [0, 0.1) is 11.3 Å². The largest absolute Gasteiger partial charge is 0.376 e. The highest BCUT2D eigenvalue weighted by atomic mass is 16.3. The first-order valence-corrected chi connectivity index (χ1v) is 4.46. The number of aliphatic hydroxyl groups is 1. The van der Waals surface area contributed by atoms with Gasteiger partial charge in [-0.25, -0.2) is 4.98 Å².